The molecule has 0 heterocycles. The lowest BCUT2D eigenvalue weighted by Gasteiger charge is -2.32. The summed E-state index contributed by atoms with van der Waals surface area (Å²) in [7, 11) is 0. The average molecular weight is 349 g/mol. The Bertz CT molecular complexity index is 588. The van der Waals surface area contributed by atoms with Crippen LogP contribution in [0.5, 0.6) is 0 Å². The first-order valence-electron chi connectivity index (χ1n) is 7.99. The molecule has 1 amide bonds. The van der Waals surface area contributed by atoms with E-state index in [1.807, 2.05) is 12.1 Å². The predicted octanol–water partition coefficient (Wildman–Crippen LogP) is 3.59. The van der Waals surface area contributed by atoms with Gasteiger partial charge in [0.05, 0.1) is 5.56 Å². The Kier molecular flexibility index (Phi) is 3.25. The highest BCUT2D eigenvalue weighted by Gasteiger charge is 2.54. The molecule has 0 aromatic heterocycles. The number of hydrogen-bond donors (Lipinski definition) is 2. The number of anilines is 1. The van der Waals surface area contributed by atoms with Crippen LogP contribution in [0.4, 0.5) is 5.69 Å². The third-order valence-corrected chi connectivity index (χ3v) is 6.50. The Morgan fingerprint density at radius 2 is 2.00 bits per heavy atom. The summed E-state index contributed by atoms with van der Waals surface area (Å²) < 4.78 is 0.894. The molecular formula is C17H21BrN2O. The highest BCUT2D eigenvalue weighted by Crippen LogP contribution is 2.58. The molecule has 3 nitrogen and oxygen atoms in total. The Labute approximate surface area is 133 Å². The second-order valence-electron chi connectivity index (χ2n) is 6.97. The second-order valence-corrected chi connectivity index (χ2v) is 7.88. The standard InChI is InChI=1S/C17H21BrN2O/c18-10-4-5-15(19)14(8-10)17(21)20-16-7-9-6-13(16)12-3-1-2-11(9)12/h4-5,8-9,11-13,16H,1-3,6-7,19H2,(H,20,21). The minimum atomic E-state index is -0.0131. The number of nitrogens with one attached hydrogen (secondary N) is 1. The molecule has 21 heavy (non-hydrogen) atoms. The predicted molar refractivity (Wildman–Crippen MR) is 86.9 cm³/mol. The van der Waals surface area contributed by atoms with Gasteiger partial charge in [-0.3, -0.25) is 4.79 Å². The summed E-state index contributed by atoms with van der Waals surface area (Å²) in [6, 6.07) is 5.83. The van der Waals surface area contributed by atoms with E-state index in [2.05, 4.69) is 21.2 Å². The second kappa shape index (κ2) is 5.01. The summed E-state index contributed by atoms with van der Waals surface area (Å²) in [5.74, 6) is 3.38. The van der Waals surface area contributed by atoms with Crippen molar-refractivity contribution in [3.05, 3.63) is 28.2 Å². The monoisotopic (exact) mass is 348 g/mol. The van der Waals surface area contributed by atoms with Crippen LogP contribution in [0.3, 0.4) is 0 Å². The summed E-state index contributed by atoms with van der Waals surface area (Å²) in [5.41, 5.74) is 7.09. The zero-order chi connectivity index (χ0) is 14.6. The van der Waals surface area contributed by atoms with Crippen LogP contribution >= 0.6 is 15.9 Å². The van der Waals surface area contributed by atoms with E-state index in [1.54, 1.807) is 6.07 Å². The lowest BCUT2D eigenvalue weighted by Crippen LogP contribution is -2.42. The number of benzene rings is 1. The van der Waals surface area contributed by atoms with Crippen LogP contribution in [0, 0.1) is 23.7 Å². The third kappa shape index (κ3) is 2.19. The number of amides is 1. The van der Waals surface area contributed by atoms with E-state index >= 15 is 0 Å². The van der Waals surface area contributed by atoms with Gasteiger partial charge in [0.15, 0.2) is 0 Å². The Morgan fingerprint density at radius 3 is 2.86 bits per heavy atom. The SMILES string of the molecule is Nc1ccc(Br)cc1C(=O)NC1CC2CC1C1CCCC21. The molecule has 0 aliphatic heterocycles. The van der Waals surface area contributed by atoms with Crippen molar-refractivity contribution in [2.24, 2.45) is 23.7 Å². The highest BCUT2D eigenvalue weighted by molar-refractivity contribution is 9.10. The molecule has 1 aromatic rings. The zero-order valence-electron chi connectivity index (χ0n) is 12.0. The van der Waals surface area contributed by atoms with Gasteiger partial charge in [0.2, 0.25) is 0 Å². The van der Waals surface area contributed by atoms with Gasteiger partial charge in [0, 0.05) is 16.2 Å². The van der Waals surface area contributed by atoms with Crippen LogP contribution in [0.1, 0.15) is 42.5 Å². The number of halogens is 1. The molecular weight excluding hydrogens is 328 g/mol. The lowest BCUT2D eigenvalue weighted by molar-refractivity contribution is 0.0902. The fourth-order valence-electron chi connectivity index (χ4n) is 5.21. The molecule has 5 atom stereocenters. The topological polar surface area (TPSA) is 55.1 Å². The molecule has 5 unspecified atom stereocenters. The van der Waals surface area contributed by atoms with E-state index in [0.29, 0.717) is 23.2 Å². The van der Waals surface area contributed by atoms with Crippen molar-refractivity contribution < 1.29 is 4.79 Å². The van der Waals surface area contributed by atoms with Gasteiger partial charge in [0.1, 0.15) is 0 Å². The normalized spacial score (nSPS) is 36.7. The van der Waals surface area contributed by atoms with Crippen molar-refractivity contribution in [2.45, 2.75) is 38.1 Å². The van der Waals surface area contributed by atoms with E-state index < -0.39 is 0 Å². The van der Waals surface area contributed by atoms with Gasteiger partial charge in [-0.25, -0.2) is 0 Å². The minimum absolute atomic E-state index is 0.0131. The first-order chi connectivity index (χ1) is 10.1. The van der Waals surface area contributed by atoms with Gasteiger partial charge in [-0.1, -0.05) is 22.4 Å². The number of carbonyl (C=O) groups excluding carboxylic acids is 1. The summed E-state index contributed by atoms with van der Waals surface area (Å²) in [5, 5.41) is 3.27. The lowest BCUT2D eigenvalue weighted by atomic mass is 9.79. The molecule has 112 valence electrons. The first-order valence-corrected chi connectivity index (χ1v) is 8.78. The van der Waals surface area contributed by atoms with Crippen molar-refractivity contribution in [2.75, 3.05) is 5.73 Å². The number of fused-ring (bicyclic) bond motifs is 5. The van der Waals surface area contributed by atoms with E-state index in [0.717, 1.165) is 22.2 Å². The Morgan fingerprint density at radius 1 is 1.19 bits per heavy atom. The van der Waals surface area contributed by atoms with Crippen LogP contribution in [0.15, 0.2) is 22.7 Å². The molecule has 0 spiro atoms. The molecule has 3 N–H and O–H groups in total. The number of carbonyl (C=O) groups is 1. The summed E-state index contributed by atoms with van der Waals surface area (Å²) in [6.07, 6.45) is 6.68. The maximum Gasteiger partial charge on any atom is 0.253 e. The van der Waals surface area contributed by atoms with Crippen LogP contribution in [-0.4, -0.2) is 11.9 Å². The molecule has 4 rings (SSSR count). The Hall–Kier alpha value is -1.03. The highest BCUT2D eigenvalue weighted by atomic mass is 79.9. The van der Waals surface area contributed by atoms with Crippen LogP contribution in [0.25, 0.3) is 0 Å². The van der Waals surface area contributed by atoms with Crippen molar-refractivity contribution in [1.29, 1.82) is 0 Å². The summed E-state index contributed by atoms with van der Waals surface area (Å²) >= 11 is 3.41. The maximum atomic E-state index is 12.5. The van der Waals surface area contributed by atoms with E-state index in [1.165, 1.54) is 32.1 Å². The van der Waals surface area contributed by atoms with Gasteiger partial charge >= 0.3 is 0 Å². The van der Waals surface area contributed by atoms with Gasteiger partial charge in [-0.2, -0.15) is 0 Å². The summed E-state index contributed by atoms with van der Waals surface area (Å²) in [6.45, 7) is 0. The quantitative estimate of drug-likeness (QED) is 0.802. The van der Waals surface area contributed by atoms with Crippen molar-refractivity contribution in [3.63, 3.8) is 0 Å². The molecule has 3 fully saturated rings. The molecule has 2 bridgehead atoms. The van der Waals surface area contributed by atoms with Crippen molar-refractivity contribution >= 4 is 27.5 Å². The number of rotatable bonds is 2. The smallest absolute Gasteiger partial charge is 0.253 e. The van der Waals surface area contributed by atoms with Gasteiger partial charge in [-0.05, 0) is 67.6 Å². The van der Waals surface area contributed by atoms with Crippen molar-refractivity contribution in [3.8, 4) is 0 Å². The van der Waals surface area contributed by atoms with Gasteiger partial charge in [-0.15, -0.1) is 0 Å². The molecule has 0 saturated heterocycles. The fraction of sp³-hybridized carbons (Fsp3) is 0.588. The molecule has 1 aromatic carbocycles. The maximum absolute atomic E-state index is 12.5. The Balaban J connectivity index is 1.50. The van der Waals surface area contributed by atoms with Crippen LogP contribution < -0.4 is 11.1 Å². The van der Waals surface area contributed by atoms with E-state index in [4.69, 9.17) is 5.73 Å². The number of hydrogen-bond acceptors (Lipinski definition) is 2. The molecule has 4 heteroatoms. The fourth-order valence-corrected chi connectivity index (χ4v) is 5.57. The largest absolute Gasteiger partial charge is 0.398 e. The number of nitrogens with two attached hydrogens (primary N) is 1. The minimum Gasteiger partial charge on any atom is -0.398 e. The van der Waals surface area contributed by atoms with E-state index in [9.17, 15) is 4.79 Å². The molecule has 0 radical (unpaired) electrons. The molecule has 3 saturated carbocycles. The summed E-state index contributed by atoms with van der Waals surface area (Å²) in [4.78, 5) is 12.5. The molecule has 3 aliphatic carbocycles. The van der Waals surface area contributed by atoms with Gasteiger partial charge < -0.3 is 11.1 Å². The first kappa shape index (κ1) is 13.6. The number of nitrogen functional groups attached to an aromatic ring is 1. The third-order valence-electron chi connectivity index (χ3n) is 6.01. The zero-order valence-corrected chi connectivity index (χ0v) is 13.6. The van der Waals surface area contributed by atoms with Crippen molar-refractivity contribution in [1.82, 2.24) is 5.32 Å². The average Bonchev–Trinajstić information content (AvgIpc) is 3.13. The van der Waals surface area contributed by atoms with Crippen LogP contribution in [-0.2, 0) is 0 Å². The van der Waals surface area contributed by atoms with Crippen LogP contribution in [0.2, 0.25) is 0 Å². The van der Waals surface area contributed by atoms with E-state index in [-0.39, 0.29) is 5.91 Å². The molecule has 3 aliphatic rings. The van der Waals surface area contributed by atoms with Gasteiger partial charge in [0.25, 0.3) is 5.91 Å².